The SMILES string of the molecule is Cc1cc(Nc2cc(N3CC(C)(C#N)C3)nc(Sc3ccc(CC(=O)CC(F)(F)F)cc3)n2)n[nH]1.[HH].[HH]. The van der Waals surface area contributed by atoms with E-state index in [2.05, 4.69) is 31.6 Å². The monoisotopic (exact) mass is 505 g/mol. The Bertz CT molecular complexity index is 1270. The van der Waals surface area contributed by atoms with Crippen molar-refractivity contribution >= 4 is 35.0 Å². The van der Waals surface area contributed by atoms with Crippen LogP contribution in [0.15, 0.2) is 46.5 Å². The number of halogens is 3. The summed E-state index contributed by atoms with van der Waals surface area (Å²) in [5.41, 5.74) is 0.966. The van der Waals surface area contributed by atoms with Gasteiger partial charge in [-0.2, -0.15) is 23.5 Å². The summed E-state index contributed by atoms with van der Waals surface area (Å²) in [6.45, 7) is 4.87. The van der Waals surface area contributed by atoms with Crippen molar-refractivity contribution in [2.24, 2.45) is 5.41 Å². The number of carbonyl (C=O) groups excluding carboxylic acids is 1. The van der Waals surface area contributed by atoms with E-state index in [0.717, 1.165) is 10.6 Å². The number of nitrogens with one attached hydrogen (secondary N) is 2. The van der Waals surface area contributed by atoms with Crippen LogP contribution >= 0.6 is 11.8 Å². The fourth-order valence-electron chi connectivity index (χ4n) is 3.62. The lowest BCUT2D eigenvalue weighted by molar-refractivity contribution is -0.151. The number of aromatic amines is 1. The van der Waals surface area contributed by atoms with E-state index < -0.39 is 23.8 Å². The van der Waals surface area contributed by atoms with E-state index >= 15 is 0 Å². The molecule has 0 spiro atoms. The Morgan fingerprint density at radius 2 is 1.97 bits per heavy atom. The number of rotatable bonds is 8. The van der Waals surface area contributed by atoms with Crippen LogP contribution in [0.3, 0.4) is 0 Å². The van der Waals surface area contributed by atoms with E-state index in [4.69, 9.17) is 0 Å². The fourth-order valence-corrected chi connectivity index (χ4v) is 4.39. The zero-order chi connectivity index (χ0) is 25.2. The lowest BCUT2D eigenvalue weighted by atomic mass is 9.84. The first-order chi connectivity index (χ1) is 16.5. The summed E-state index contributed by atoms with van der Waals surface area (Å²) >= 11 is 1.28. The molecule has 2 aromatic heterocycles. The summed E-state index contributed by atoms with van der Waals surface area (Å²) in [6.07, 6.45) is -6.21. The highest BCUT2D eigenvalue weighted by Gasteiger charge is 2.40. The summed E-state index contributed by atoms with van der Waals surface area (Å²) < 4.78 is 37.2. The number of aromatic nitrogens is 4. The molecule has 1 fully saturated rings. The first kappa shape index (κ1) is 24.5. The van der Waals surface area contributed by atoms with Gasteiger partial charge in [-0.3, -0.25) is 9.89 Å². The molecule has 0 bridgehead atoms. The molecule has 2 N–H and O–H groups in total. The third-order valence-electron chi connectivity index (χ3n) is 5.26. The average Bonchev–Trinajstić information content (AvgIpc) is 3.15. The number of ketones is 1. The molecule has 1 aromatic carbocycles. The highest BCUT2D eigenvalue weighted by molar-refractivity contribution is 7.99. The number of anilines is 3. The molecule has 1 aliphatic rings. The van der Waals surface area contributed by atoms with Gasteiger partial charge in [0, 0.05) is 45.1 Å². The Labute approximate surface area is 206 Å². The number of hydrogen-bond acceptors (Lipinski definition) is 8. The summed E-state index contributed by atoms with van der Waals surface area (Å²) in [5.74, 6) is 0.918. The van der Waals surface area contributed by atoms with Crippen LogP contribution in [0.25, 0.3) is 0 Å². The van der Waals surface area contributed by atoms with Gasteiger partial charge in [0.25, 0.3) is 0 Å². The Balaban J connectivity index is 0.00000241. The van der Waals surface area contributed by atoms with Gasteiger partial charge in [0.1, 0.15) is 23.8 Å². The van der Waals surface area contributed by atoms with Crippen LogP contribution < -0.4 is 10.2 Å². The second-order valence-corrected chi connectivity index (χ2v) is 9.78. The average molecular weight is 506 g/mol. The molecule has 186 valence electrons. The van der Waals surface area contributed by atoms with Gasteiger partial charge >= 0.3 is 6.18 Å². The van der Waals surface area contributed by atoms with Crippen molar-refractivity contribution in [3.63, 3.8) is 0 Å². The van der Waals surface area contributed by atoms with Crippen molar-refractivity contribution in [2.75, 3.05) is 23.3 Å². The van der Waals surface area contributed by atoms with Gasteiger partial charge in [-0.1, -0.05) is 12.1 Å². The number of Topliss-reactive ketones (excluding diaryl/α,β-unsaturated/α-hetero) is 1. The molecule has 0 aliphatic carbocycles. The molecule has 8 nitrogen and oxygen atoms in total. The summed E-state index contributed by atoms with van der Waals surface area (Å²) in [7, 11) is 0. The van der Waals surface area contributed by atoms with Gasteiger partial charge in [0.15, 0.2) is 11.0 Å². The van der Waals surface area contributed by atoms with Crippen LogP contribution in [-0.2, 0) is 11.2 Å². The number of hydrogen-bond donors (Lipinski definition) is 2. The normalized spacial score (nSPS) is 14.8. The number of alkyl halides is 3. The zero-order valence-corrected chi connectivity index (χ0v) is 19.8. The quantitative estimate of drug-likeness (QED) is 0.397. The molecule has 3 heterocycles. The Morgan fingerprint density at radius 1 is 1.26 bits per heavy atom. The highest BCUT2D eigenvalue weighted by Crippen LogP contribution is 2.35. The van der Waals surface area contributed by atoms with Gasteiger partial charge in [0.05, 0.1) is 11.5 Å². The molecular weight excluding hydrogens is 479 g/mol. The van der Waals surface area contributed by atoms with Crippen molar-refractivity contribution in [1.82, 2.24) is 20.2 Å². The summed E-state index contributed by atoms with van der Waals surface area (Å²) in [5, 5.41) is 20.0. The van der Waals surface area contributed by atoms with Crippen LogP contribution in [0.5, 0.6) is 0 Å². The van der Waals surface area contributed by atoms with Crippen molar-refractivity contribution in [1.29, 1.82) is 5.26 Å². The molecule has 3 aromatic rings. The fraction of sp³-hybridized carbons (Fsp3) is 0.348. The standard InChI is InChI=1S/C23H22F3N7OS.2H2/c1-14-7-19(32-31-14)28-18-9-20(33-12-22(2,11-27)13-33)30-21(29-18)35-17-5-3-15(4-6-17)8-16(34)10-23(24,25)26;;/h3-7,9H,8,10,12-13H2,1-2H3,(H2,28,29,30,31,32);2*1H. The number of benzene rings is 1. The Morgan fingerprint density at radius 3 is 2.57 bits per heavy atom. The summed E-state index contributed by atoms with van der Waals surface area (Å²) in [6, 6.07) is 12.6. The van der Waals surface area contributed by atoms with Crippen LogP contribution in [0.2, 0.25) is 0 Å². The van der Waals surface area contributed by atoms with E-state index in [1.165, 1.54) is 11.8 Å². The van der Waals surface area contributed by atoms with Crippen molar-refractivity contribution < 1.29 is 20.8 Å². The third-order valence-corrected chi connectivity index (χ3v) is 6.13. The molecule has 12 heteroatoms. The lowest BCUT2D eigenvalue weighted by Crippen LogP contribution is -2.54. The first-order valence-corrected chi connectivity index (χ1v) is 11.5. The smallest absolute Gasteiger partial charge is 0.353 e. The molecule has 4 rings (SSSR count). The molecule has 35 heavy (non-hydrogen) atoms. The van der Waals surface area contributed by atoms with Gasteiger partial charge in [-0.15, -0.1) is 0 Å². The largest absolute Gasteiger partial charge is 0.395 e. The predicted octanol–water partition coefficient (Wildman–Crippen LogP) is 5.31. The molecule has 1 aliphatic heterocycles. The number of carbonyl (C=O) groups is 1. The first-order valence-electron chi connectivity index (χ1n) is 10.7. The molecule has 0 saturated carbocycles. The van der Waals surface area contributed by atoms with Gasteiger partial charge in [-0.05, 0) is 43.3 Å². The maximum absolute atomic E-state index is 12.4. The maximum atomic E-state index is 12.4. The topological polar surface area (TPSA) is 111 Å². The second kappa shape index (κ2) is 9.58. The lowest BCUT2D eigenvalue weighted by Gasteiger charge is -2.44. The second-order valence-electron chi connectivity index (χ2n) is 8.74. The third kappa shape index (κ3) is 6.51. The van der Waals surface area contributed by atoms with Crippen molar-refractivity contribution in [2.45, 2.75) is 42.9 Å². The van der Waals surface area contributed by atoms with E-state index in [1.807, 2.05) is 24.8 Å². The van der Waals surface area contributed by atoms with Crippen LogP contribution in [0, 0.1) is 23.7 Å². The van der Waals surface area contributed by atoms with E-state index in [9.17, 15) is 23.2 Å². The number of nitrogens with zero attached hydrogens (tertiary/aromatic N) is 5. The minimum Gasteiger partial charge on any atom is -0.353 e. The number of H-pyrrole nitrogens is 1. The molecule has 0 unspecified atom stereocenters. The molecular formula is C23H26F3N7OS. The molecule has 0 radical (unpaired) electrons. The van der Waals surface area contributed by atoms with E-state index in [1.54, 1.807) is 30.3 Å². The highest BCUT2D eigenvalue weighted by atomic mass is 32.2. The van der Waals surface area contributed by atoms with Gasteiger partial charge in [0.2, 0.25) is 0 Å². The molecule has 0 atom stereocenters. The maximum Gasteiger partial charge on any atom is 0.395 e. The predicted molar refractivity (Wildman–Crippen MR) is 129 cm³/mol. The minimum atomic E-state index is -4.50. The number of nitriles is 1. The Hall–Kier alpha value is -3.59. The van der Waals surface area contributed by atoms with E-state index in [0.29, 0.717) is 41.3 Å². The van der Waals surface area contributed by atoms with Crippen molar-refractivity contribution in [3.05, 3.63) is 47.7 Å². The van der Waals surface area contributed by atoms with Crippen LogP contribution in [0.4, 0.5) is 30.6 Å². The van der Waals surface area contributed by atoms with Gasteiger partial charge in [-0.25, -0.2) is 9.97 Å². The summed E-state index contributed by atoms with van der Waals surface area (Å²) in [4.78, 5) is 23.6. The minimum absolute atomic E-state index is 0. The Kier molecular flexibility index (Phi) is 6.71. The molecule has 0 amide bonds. The van der Waals surface area contributed by atoms with E-state index in [-0.39, 0.29) is 9.27 Å². The number of aryl methyl sites for hydroxylation is 1. The van der Waals surface area contributed by atoms with Crippen LogP contribution in [0.1, 0.15) is 27.5 Å². The van der Waals surface area contributed by atoms with Crippen molar-refractivity contribution in [3.8, 4) is 6.07 Å². The zero-order valence-electron chi connectivity index (χ0n) is 19.0. The van der Waals surface area contributed by atoms with Gasteiger partial charge < -0.3 is 10.2 Å². The molecule has 1 saturated heterocycles. The van der Waals surface area contributed by atoms with Crippen LogP contribution in [-0.4, -0.2) is 45.2 Å².